The number of hydrogen-bond donors (Lipinski definition) is 1. The monoisotopic (exact) mass is 481 g/mol. The van der Waals surface area contributed by atoms with Crippen LogP contribution in [0.25, 0.3) is 0 Å². The predicted octanol–water partition coefficient (Wildman–Crippen LogP) is 3.28. The van der Waals surface area contributed by atoms with Crippen LogP contribution in [0.3, 0.4) is 0 Å². The molecule has 0 spiro atoms. The molecule has 2 bridgehead atoms. The fourth-order valence-electron chi connectivity index (χ4n) is 5.40. The molecular weight excluding hydrogens is 458 g/mol. The molecular formula is C23H23N5O5S. The molecule has 2 fully saturated rings. The van der Waals surface area contributed by atoms with E-state index in [0.717, 1.165) is 24.3 Å². The van der Waals surface area contributed by atoms with Crippen molar-refractivity contribution in [2.24, 2.45) is 23.7 Å². The first-order valence-electron chi connectivity index (χ1n) is 11.3. The summed E-state index contributed by atoms with van der Waals surface area (Å²) in [5, 5.41) is 23.2. The van der Waals surface area contributed by atoms with Crippen LogP contribution in [0.5, 0.6) is 0 Å². The number of carbonyl (C=O) groups excluding carboxylic acids is 3. The molecule has 5 rings (SSSR count). The molecule has 176 valence electrons. The number of aromatic nitrogens is 2. The Morgan fingerprint density at radius 3 is 2.59 bits per heavy atom. The van der Waals surface area contributed by atoms with E-state index in [9.17, 15) is 24.5 Å². The van der Waals surface area contributed by atoms with Gasteiger partial charge < -0.3 is 5.32 Å². The minimum absolute atomic E-state index is 0.0226. The standard InChI is InChI=1S/C23H23N5O5S/c1-2-4-18-25-26-23(34-18)24-17(29)11-16(12-5-3-6-15(10-12)28(32)33)27-21(30)19-13-7-8-14(9-13)20(19)22(27)31/h3,5-8,10,13-14,16,19-20H,2,4,9,11H2,1H3,(H,24,26,29). The summed E-state index contributed by atoms with van der Waals surface area (Å²) < 4.78 is 0. The molecule has 2 aliphatic carbocycles. The number of fused-ring (bicyclic) bond motifs is 5. The van der Waals surface area contributed by atoms with Gasteiger partial charge in [0, 0.05) is 18.6 Å². The number of nitrogens with one attached hydrogen (secondary N) is 1. The number of nitrogens with zero attached hydrogens (tertiary/aromatic N) is 4. The van der Waals surface area contributed by atoms with E-state index in [-0.39, 0.29) is 35.8 Å². The van der Waals surface area contributed by atoms with Crippen molar-refractivity contribution < 1.29 is 19.3 Å². The molecule has 11 heteroatoms. The minimum atomic E-state index is -0.951. The molecule has 5 unspecified atom stereocenters. The lowest BCUT2D eigenvalue weighted by atomic mass is 9.85. The van der Waals surface area contributed by atoms with Crippen molar-refractivity contribution >= 4 is 39.9 Å². The van der Waals surface area contributed by atoms with E-state index < -0.39 is 28.7 Å². The third kappa shape index (κ3) is 3.79. The maximum absolute atomic E-state index is 13.4. The lowest BCUT2D eigenvalue weighted by molar-refractivity contribution is -0.385. The molecule has 2 heterocycles. The van der Waals surface area contributed by atoms with E-state index >= 15 is 0 Å². The van der Waals surface area contributed by atoms with Crippen LogP contribution in [0.1, 0.15) is 42.8 Å². The molecule has 3 amide bonds. The molecule has 1 aromatic heterocycles. The summed E-state index contributed by atoms with van der Waals surface area (Å²) in [5.41, 5.74) is 0.201. The van der Waals surface area contributed by atoms with E-state index in [1.807, 2.05) is 19.1 Å². The van der Waals surface area contributed by atoms with Gasteiger partial charge in [0.2, 0.25) is 22.9 Å². The van der Waals surface area contributed by atoms with Crippen molar-refractivity contribution in [3.8, 4) is 0 Å². The van der Waals surface area contributed by atoms with Gasteiger partial charge in [0.15, 0.2) is 0 Å². The van der Waals surface area contributed by atoms with Gasteiger partial charge in [-0.15, -0.1) is 10.2 Å². The quantitative estimate of drug-likeness (QED) is 0.264. The summed E-state index contributed by atoms with van der Waals surface area (Å²) in [4.78, 5) is 51.8. The van der Waals surface area contributed by atoms with E-state index in [1.54, 1.807) is 6.07 Å². The zero-order valence-electron chi connectivity index (χ0n) is 18.4. The van der Waals surface area contributed by atoms with Gasteiger partial charge in [0.05, 0.1) is 29.2 Å². The Hall–Kier alpha value is -3.47. The smallest absolute Gasteiger partial charge is 0.269 e. The second kappa shape index (κ2) is 8.71. The molecule has 3 aliphatic rings. The first-order valence-corrected chi connectivity index (χ1v) is 12.1. The second-order valence-corrected chi connectivity index (χ2v) is 9.98. The molecule has 10 nitrogen and oxygen atoms in total. The van der Waals surface area contributed by atoms with Crippen molar-refractivity contribution in [3.05, 3.63) is 57.1 Å². The van der Waals surface area contributed by atoms with Gasteiger partial charge in [0.1, 0.15) is 5.01 Å². The SMILES string of the molecule is CCCc1nnc(NC(=O)CC(c2cccc([N+](=O)[O-])c2)N2C(=O)C3C4C=CC(C4)C3C2=O)s1. The van der Waals surface area contributed by atoms with Crippen molar-refractivity contribution in [1.82, 2.24) is 15.1 Å². The molecule has 5 atom stereocenters. The zero-order valence-corrected chi connectivity index (χ0v) is 19.2. The zero-order chi connectivity index (χ0) is 24.0. The Labute approximate surface area is 199 Å². The van der Waals surface area contributed by atoms with Crippen molar-refractivity contribution in [2.75, 3.05) is 5.32 Å². The Morgan fingerprint density at radius 1 is 1.24 bits per heavy atom. The Morgan fingerprint density at radius 2 is 1.94 bits per heavy atom. The molecule has 0 radical (unpaired) electrons. The number of nitro benzene ring substituents is 1. The van der Waals surface area contributed by atoms with Crippen LogP contribution >= 0.6 is 11.3 Å². The van der Waals surface area contributed by atoms with E-state index in [1.165, 1.54) is 34.4 Å². The number of amides is 3. The highest BCUT2D eigenvalue weighted by molar-refractivity contribution is 7.15. The number of carbonyl (C=O) groups is 3. The lowest BCUT2D eigenvalue weighted by Crippen LogP contribution is -2.38. The number of imide groups is 1. The number of allylic oxidation sites excluding steroid dienone is 2. The fraction of sp³-hybridized carbons (Fsp3) is 0.435. The number of benzene rings is 1. The Kier molecular flexibility index (Phi) is 5.72. The van der Waals surface area contributed by atoms with Crippen LogP contribution in [-0.4, -0.2) is 37.7 Å². The van der Waals surface area contributed by atoms with Crippen LogP contribution in [0.4, 0.5) is 10.8 Å². The van der Waals surface area contributed by atoms with Crippen LogP contribution in [0, 0.1) is 33.8 Å². The van der Waals surface area contributed by atoms with Gasteiger partial charge in [-0.2, -0.15) is 0 Å². The molecule has 1 saturated heterocycles. The number of hydrogen-bond acceptors (Lipinski definition) is 8. The number of non-ortho nitro benzene ring substituents is 1. The summed E-state index contributed by atoms with van der Waals surface area (Å²) in [7, 11) is 0. The van der Waals surface area contributed by atoms with Gasteiger partial charge in [-0.25, -0.2) is 0 Å². The molecule has 1 saturated carbocycles. The first-order chi connectivity index (χ1) is 16.4. The summed E-state index contributed by atoms with van der Waals surface area (Å²) >= 11 is 1.27. The third-order valence-corrected chi connectivity index (χ3v) is 7.74. The highest BCUT2D eigenvalue weighted by Crippen LogP contribution is 2.54. The number of anilines is 1. The molecule has 2 aromatic rings. The maximum Gasteiger partial charge on any atom is 0.269 e. The fourth-order valence-corrected chi connectivity index (χ4v) is 6.26. The van der Waals surface area contributed by atoms with E-state index in [2.05, 4.69) is 15.5 Å². The Balaban J connectivity index is 1.44. The number of rotatable bonds is 8. The molecule has 34 heavy (non-hydrogen) atoms. The van der Waals surface area contributed by atoms with Crippen LogP contribution < -0.4 is 5.32 Å². The number of nitro groups is 1. The van der Waals surface area contributed by atoms with Gasteiger partial charge in [-0.3, -0.25) is 29.4 Å². The third-order valence-electron chi connectivity index (χ3n) is 6.84. The van der Waals surface area contributed by atoms with Gasteiger partial charge in [0.25, 0.3) is 5.69 Å². The number of aryl methyl sites for hydroxylation is 1. The van der Waals surface area contributed by atoms with Crippen molar-refractivity contribution in [3.63, 3.8) is 0 Å². The molecule has 1 aliphatic heterocycles. The number of likely N-dealkylation sites (tertiary alicyclic amines) is 1. The van der Waals surface area contributed by atoms with E-state index in [0.29, 0.717) is 10.7 Å². The first kappa shape index (κ1) is 22.3. The molecule has 1 aromatic carbocycles. The summed E-state index contributed by atoms with van der Waals surface area (Å²) in [5.74, 6) is -1.87. The lowest BCUT2D eigenvalue weighted by Gasteiger charge is -2.27. The van der Waals surface area contributed by atoms with Gasteiger partial charge in [-0.1, -0.05) is 42.5 Å². The van der Waals surface area contributed by atoms with Crippen molar-refractivity contribution in [1.29, 1.82) is 0 Å². The summed E-state index contributed by atoms with van der Waals surface area (Å²) in [6, 6.07) is 4.81. The van der Waals surface area contributed by atoms with Gasteiger partial charge in [-0.05, 0) is 30.2 Å². The van der Waals surface area contributed by atoms with Gasteiger partial charge >= 0.3 is 0 Å². The normalized spacial score (nSPS) is 25.6. The second-order valence-electron chi connectivity index (χ2n) is 8.92. The predicted molar refractivity (Wildman–Crippen MR) is 123 cm³/mol. The van der Waals surface area contributed by atoms with Crippen LogP contribution in [-0.2, 0) is 20.8 Å². The van der Waals surface area contributed by atoms with Crippen molar-refractivity contribution in [2.45, 2.75) is 38.6 Å². The summed E-state index contributed by atoms with van der Waals surface area (Å²) in [6.07, 6.45) is 6.21. The average Bonchev–Trinajstić information content (AvgIpc) is 3.58. The highest BCUT2D eigenvalue weighted by Gasteiger charge is 2.60. The minimum Gasteiger partial charge on any atom is -0.300 e. The average molecular weight is 482 g/mol. The maximum atomic E-state index is 13.4. The van der Waals surface area contributed by atoms with Crippen LogP contribution in [0.15, 0.2) is 36.4 Å². The largest absolute Gasteiger partial charge is 0.300 e. The van der Waals surface area contributed by atoms with E-state index in [4.69, 9.17) is 0 Å². The molecule has 1 N–H and O–H groups in total. The topological polar surface area (TPSA) is 135 Å². The Bertz CT molecular complexity index is 1180. The summed E-state index contributed by atoms with van der Waals surface area (Å²) in [6.45, 7) is 2.02. The highest BCUT2D eigenvalue weighted by atomic mass is 32.1. The van der Waals surface area contributed by atoms with Crippen LogP contribution in [0.2, 0.25) is 0 Å².